The van der Waals surface area contributed by atoms with Crippen molar-refractivity contribution in [1.29, 1.82) is 0 Å². The highest BCUT2D eigenvalue weighted by molar-refractivity contribution is 6.72. The molecular weight excluding hydrogens is 686 g/mol. The number of anilines is 2. The van der Waals surface area contributed by atoms with Crippen LogP contribution in [0.2, 0.25) is 18.6 Å². The van der Waals surface area contributed by atoms with Crippen molar-refractivity contribution in [3.05, 3.63) is 111 Å². The molecule has 1 fully saturated rings. The lowest BCUT2D eigenvalue weighted by Crippen LogP contribution is -2.45. The van der Waals surface area contributed by atoms with Crippen molar-refractivity contribution in [2.75, 3.05) is 16.5 Å². The number of aromatic nitrogens is 3. The van der Waals surface area contributed by atoms with Gasteiger partial charge in [0.15, 0.2) is 5.60 Å². The highest BCUT2D eigenvalue weighted by atomic mass is 28.4. The molecule has 4 aromatic rings. The standard InChI is InChI=1S/C37H40FN7O6Si/c1-24-35(52(2,3)38)33(16-18-42-23-27(17-19-46)39-41-42)51-37(24)30-21-29(45(49)50)12-14-32(30)43(36(37)48)22-25-8-7-11-28(20-25)44-34(47)15-13-31(40-44)26-9-5-4-6-10-26/h4-12,14,20-21,23-24,33,35,46H,13,15-19,22H2,1-3H3/t24-,33+,35-,37+/m0/s1. The van der Waals surface area contributed by atoms with Crippen LogP contribution in [0.4, 0.5) is 21.2 Å². The van der Waals surface area contributed by atoms with Crippen LogP contribution in [0.1, 0.15) is 48.6 Å². The number of benzene rings is 3. The fraction of sp³-hybridized carbons (Fsp3) is 0.378. The largest absolute Gasteiger partial charge is 0.396 e. The van der Waals surface area contributed by atoms with Crippen LogP contribution in [0.15, 0.2) is 84.1 Å². The first-order valence-corrected chi connectivity index (χ1v) is 20.4. The number of non-ortho nitro benzene ring substituents is 1. The monoisotopic (exact) mass is 725 g/mol. The third-order valence-electron chi connectivity index (χ3n) is 10.4. The van der Waals surface area contributed by atoms with E-state index in [-0.39, 0.29) is 24.7 Å². The van der Waals surface area contributed by atoms with E-state index < -0.39 is 42.4 Å². The second-order valence-electron chi connectivity index (χ2n) is 14.1. The van der Waals surface area contributed by atoms with Crippen molar-refractivity contribution in [2.24, 2.45) is 11.0 Å². The minimum Gasteiger partial charge on any atom is -0.396 e. The van der Waals surface area contributed by atoms with E-state index in [2.05, 4.69) is 10.3 Å². The lowest BCUT2D eigenvalue weighted by Gasteiger charge is -2.31. The predicted molar refractivity (Wildman–Crippen MR) is 194 cm³/mol. The third-order valence-corrected chi connectivity index (χ3v) is 12.8. The number of hydrogen-bond acceptors (Lipinski definition) is 9. The number of fused-ring (bicyclic) bond motifs is 2. The van der Waals surface area contributed by atoms with Crippen molar-refractivity contribution in [1.82, 2.24) is 15.0 Å². The fourth-order valence-electron chi connectivity index (χ4n) is 8.07. The van der Waals surface area contributed by atoms with Gasteiger partial charge in [0.2, 0.25) is 14.3 Å². The van der Waals surface area contributed by atoms with Gasteiger partial charge in [-0.15, -0.1) is 5.10 Å². The highest BCUT2D eigenvalue weighted by Crippen LogP contribution is 2.60. The highest BCUT2D eigenvalue weighted by Gasteiger charge is 2.67. The van der Waals surface area contributed by atoms with Crippen LogP contribution in [-0.2, 0) is 39.4 Å². The molecule has 3 aliphatic heterocycles. The Labute approximate surface area is 301 Å². The van der Waals surface area contributed by atoms with Crippen LogP contribution in [-0.4, -0.2) is 63.7 Å². The Morgan fingerprint density at radius 1 is 1.08 bits per heavy atom. The quantitative estimate of drug-likeness (QED) is 0.0899. The molecule has 52 heavy (non-hydrogen) atoms. The van der Waals surface area contributed by atoms with Crippen molar-refractivity contribution in [3.8, 4) is 0 Å². The molecular formula is C37H40FN7O6Si. The molecule has 1 N–H and O–H groups in total. The first-order valence-electron chi connectivity index (χ1n) is 17.4. The Morgan fingerprint density at radius 3 is 2.60 bits per heavy atom. The molecule has 1 spiro atoms. The van der Waals surface area contributed by atoms with E-state index in [4.69, 9.17) is 9.84 Å². The lowest BCUT2D eigenvalue weighted by molar-refractivity contribution is -0.385. The Hall–Kier alpha value is -5.12. The summed E-state index contributed by atoms with van der Waals surface area (Å²) >= 11 is 0. The zero-order valence-corrected chi connectivity index (χ0v) is 30.2. The molecule has 4 heterocycles. The van der Waals surface area contributed by atoms with Crippen LogP contribution in [0.25, 0.3) is 0 Å². The minimum atomic E-state index is -3.49. The number of carbonyl (C=O) groups is 2. The summed E-state index contributed by atoms with van der Waals surface area (Å²) in [6.45, 7) is 5.35. The zero-order chi connectivity index (χ0) is 36.8. The Kier molecular flexibility index (Phi) is 9.35. The van der Waals surface area contributed by atoms with Crippen LogP contribution >= 0.6 is 0 Å². The van der Waals surface area contributed by atoms with Gasteiger partial charge < -0.3 is 18.9 Å². The SMILES string of the molecule is C[C@H]1[C@H]([Si](C)(C)F)[C@@H](CCn2cc(CCO)nn2)O[C@]12C(=O)N(Cc1cccc(N3N=C(c4ccccc4)CCC3=O)c1)c1ccc([N+](=O)[O-])cc12. The Morgan fingerprint density at radius 2 is 1.87 bits per heavy atom. The average molecular weight is 726 g/mol. The van der Waals surface area contributed by atoms with Crippen molar-refractivity contribution in [2.45, 2.75) is 76.0 Å². The van der Waals surface area contributed by atoms with Gasteiger partial charge >= 0.3 is 0 Å². The van der Waals surface area contributed by atoms with Gasteiger partial charge in [-0.2, -0.15) is 5.10 Å². The average Bonchev–Trinajstić information content (AvgIpc) is 3.77. The summed E-state index contributed by atoms with van der Waals surface area (Å²) in [7, 11) is -3.49. The van der Waals surface area contributed by atoms with Crippen molar-refractivity contribution < 1.29 is 28.5 Å². The van der Waals surface area contributed by atoms with E-state index in [1.165, 1.54) is 17.1 Å². The van der Waals surface area contributed by atoms with Crippen LogP contribution < -0.4 is 9.91 Å². The second-order valence-corrected chi connectivity index (χ2v) is 17.9. The molecule has 13 nitrogen and oxygen atoms in total. The number of hydrazone groups is 1. The molecule has 1 saturated heterocycles. The summed E-state index contributed by atoms with van der Waals surface area (Å²) in [5.41, 5.74) is 1.92. The summed E-state index contributed by atoms with van der Waals surface area (Å²) < 4.78 is 24.7. The maximum absolute atomic E-state index is 16.3. The summed E-state index contributed by atoms with van der Waals surface area (Å²) in [6.07, 6.45) is 2.53. The molecule has 270 valence electrons. The molecule has 7 rings (SSSR count). The van der Waals surface area contributed by atoms with Crippen molar-refractivity contribution in [3.63, 3.8) is 0 Å². The normalized spacial score (nSPS) is 23.0. The van der Waals surface area contributed by atoms with Gasteiger partial charge in [-0.3, -0.25) is 24.4 Å². The molecule has 0 saturated carbocycles. The van der Waals surface area contributed by atoms with Crippen molar-refractivity contribution >= 4 is 43.0 Å². The molecule has 0 unspecified atom stereocenters. The Balaban J connectivity index is 1.22. The second kappa shape index (κ2) is 13.8. The first kappa shape index (κ1) is 35.3. The number of aliphatic hydroxyl groups is 1. The molecule has 15 heteroatoms. The lowest BCUT2D eigenvalue weighted by atomic mass is 9.82. The van der Waals surface area contributed by atoms with E-state index in [0.717, 1.165) is 11.3 Å². The number of nitro benzene ring substituents is 1. The Bertz CT molecular complexity index is 2050. The third kappa shape index (κ3) is 6.32. The fourth-order valence-corrected chi connectivity index (χ4v) is 10.6. The van der Waals surface area contributed by atoms with E-state index >= 15 is 4.11 Å². The van der Waals surface area contributed by atoms with Gasteiger partial charge in [0.1, 0.15) is 0 Å². The van der Waals surface area contributed by atoms with E-state index in [0.29, 0.717) is 60.4 Å². The predicted octanol–water partition coefficient (Wildman–Crippen LogP) is 5.66. The van der Waals surface area contributed by atoms with E-state index in [9.17, 15) is 24.8 Å². The van der Waals surface area contributed by atoms with Gasteiger partial charge in [0.05, 0.1) is 40.4 Å². The number of amides is 2. The van der Waals surface area contributed by atoms with Crippen LogP contribution in [0.5, 0.6) is 0 Å². The maximum atomic E-state index is 16.3. The zero-order valence-electron chi connectivity index (χ0n) is 29.2. The first-order chi connectivity index (χ1) is 24.9. The number of nitrogens with zero attached hydrogens (tertiary/aromatic N) is 7. The van der Waals surface area contributed by atoms with Crippen LogP contribution in [0.3, 0.4) is 0 Å². The van der Waals surface area contributed by atoms with E-state index in [1.807, 2.05) is 49.4 Å². The number of aliphatic hydroxyl groups excluding tert-OH is 1. The molecule has 3 aromatic carbocycles. The number of nitro groups is 1. The summed E-state index contributed by atoms with van der Waals surface area (Å²) in [6, 6.07) is 21.2. The number of rotatable bonds is 11. The molecule has 0 bridgehead atoms. The van der Waals surface area contributed by atoms with E-state index in [1.54, 1.807) is 47.1 Å². The van der Waals surface area contributed by atoms with Crippen LogP contribution in [0, 0.1) is 16.0 Å². The molecule has 4 atom stereocenters. The summed E-state index contributed by atoms with van der Waals surface area (Å²) in [5, 5.41) is 35.6. The number of carbonyl (C=O) groups excluding carboxylic acids is 2. The summed E-state index contributed by atoms with van der Waals surface area (Å²) in [4.78, 5) is 41.0. The summed E-state index contributed by atoms with van der Waals surface area (Å²) in [5.74, 6) is -1.22. The smallest absolute Gasteiger partial charge is 0.269 e. The molecule has 3 aliphatic rings. The maximum Gasteiger partial charge on any atom is 0.269 e. The molecule has 0 aliphatic carbocycles. The number of ether oxygens (including phenoxy) is 1. The van der Waals surface area contributed by atoms with Gasteiger partial charge in [-0.05, 0) is 48.8 Å². The molecule has 1 aromatic heterocycles. The molecule has 2 amide bonds. The number of hydrogen-bond donors (Lipinski definition) is 1. The topological polar surface area (TPSA) is 156 Å². The van der Waals surface area contributed by atoms with Gasteiger partial charge in [0, 0.05) is 67.8 Å². The molecule has 0 radical (unpaired) electrons. The van der Waals surface area contributed by atoms with Gasteiger partial charge in [0.25, 0.3) is 11.6 Å². The van der Waals surface area contributed by atoms with Gasteiger partial charge in [-0.25, -0.2) is 5.01 Å². The minimum absolute atomic E-state index is 0.0673. The number of aryl methyl sites for hydroxylation is 1. The van der Waals surface area contributed by atoms with Gasteiger partial charge in [-0.1, -0.05) is 54.6 Å². The number of halogens is 1.